The lowest BCUT2D eigenvalue weighted by Gasteiger charge is -2.38. The van der Waals surface area contributed by atoms with Gasteiger partial charge in [-0.15, -0.1) is 0 Å². The van der Waals surface area contributed by atoms with Crippen molar-refractivity contribution in [3.63, 3.8) is 0 Å². The van der Waals surface area contributed by atoms with Gasteiger partial charge in [0.05, 0.1) is 4.99 Å². The highest BCUT2D eigenvalue weighted by molar-refractivity contribution is 7.80. The molecule has 2 nitrogen and oxygen atoms in total. The number of hydrogen-bond acceptors (Lipinski definition) is 2. The van der Waals surface area contributed by atoms with E-state index in [9.17, 15) is 0 Å². The van der Waals surface area contributed by atoms with Crippen molar-refractivity contribution >= 4 is 40.4 Å². The van der Waals surface area contributed by atoms with Crippen LogP contribution in [0.15, 0.2) is 18.2 Å². The molecule has 1 saturated heterocycles. The van der Waals surface area contributed by atoms with Gasteiger partial charge in [0.15, 0.2) is 0 Å². The van der Waals surface area contributed by atoms with Crippen LogP contribution >= 0.6 is 35.4 Å². The summed E-state index contributed by atoms with van der Waals surface area (Å²) in [7, 11) is 0. The number of likely N-dealkylation sites (tertiary alicyclic amines) is 1. The van der Waals surface area contributed by atoms with Gasteiger partial charge in [0, 0.05) is 22.0 Å². The minimum absolute atomic E-state index is 0.00955. The molecule has 1 heterocycles. The third-order valence-corrected chi connectivity index (χ3v) is 5.04. The van der Waals surface area contributed by atoms with Crippen molar-refractivity contribution in [2.45, 2.75) is 26.3 Å². The van der Waals surface area contributed by atoms with Crippen LogP contribution < -0.4 is 5.73 Å². The van der Waals surface area contributed by atoms with E-state index >= 15 is 0 Å². The van der Waals surface area contributed by atoms with E-state index in [1.165, 1.54) is 0 Å². The van der Waals surface area contributed by atoms with Gasteiger partial charge in [-0.2, -0.15) is 0 Å². The molecule has 5 heteroatoms. The lowest BCUT2D eigenvalue weighted by atomic mass is 9.80. The summed E-state index contributed by atoms with van der Waals surface area (Å²) in [5.41, 5.74) is 6.94. The summed E-state index contributed by atoms with van der Waals surface area (Å²) in [6.07, 6.45) is 2.01. The van der Waals surface area contributed by atoms with Crippen molar-refractivity contribution < 1.29 is 0 Å². The number of rotatable bonds is 3. The van der Waals surface area contributed by atoms with Crippen LogP contribution in [0.4, 0.5) is 0 Å². The van der Waals surface area contributed by atoms with Gasteiger partial charge in [-0.1, -0.05) is 48.4 Å². The lowest BCUT2D eigenvalue weighted by molar-refractivity contribution is 0.158. The van der Waals surface area contributed by atoms with Crippen LogP contribution in [0.2, 0.25) is 10.0 Å². The monoisotopic (exact) mass is 316 g/mol. The van der Waals surface area contributed by atoms with Crippen molar-refractivity contribution in [1.29, 1.82) is 0 Å². The summed E-state index contributed by atoms with van der Waals surface area (Å²) in [6, 6.07) is 5.67. The third kappa shape index (κ3) is 3.60. The second-order valence-electron chi connectivity index (χ2n) is 5.44. The topological polar surface area (TPSA) is 29.3 Å². The zero-order valence-electron chi connectivity index (χ0n) is 11.0. The Bertz CT molecular complexity index is 482. The number of halogens is 2. The second-order valence-corrected chi connectivity index (χ2v) is 6.72. The molecule has 0 amide bonds. The molecule has 1 aliphatic rings. The molecule has 0 bridgehead atoms. The lowest BCUT2D eigenvalue weighted by Crippen LogP contribution is -2.44. The first-order chi connectivity index (χ1) is 8.90. The first-order valence-corrected chi connectivity index (χ1v) is 7.53. The summed E-state index contributed by atoms with van der Waals surface area (Å²) in [4.78, 5) is 3.02. The van der Waals surface area contributed by atoms with E-state index in [4.69, 9.17) is 41.2 Å². The molecule has 19 heavy (non-hydrogen) atoms. The maximum Gasteiger partial charge on any atom is 0.0788 e. The average molecular weight is 317 g/mol. The molecule has 0 unspecified atom stereocenters. The maximum absolute atomic E-state index is 6.20. The standard InChI is InChI=1S/C14H18Cl2N2S/c1-14(13(17)19)4-6-18(7-5-14)9-10-2-3-11(15)8-12(10)16/h2-3,8H,4-7,9H2,1H3,(H2,17,19). The van der Waals surface area contributed by atoms with Crippen LogP contribution in [0, 0.1) is 5.41 Å². The van der Waals surface area contributed by atoms with Crippen molar-refractivity contribution in [2.75, 3.05) is 13.1 Å². The number of benzene rings is 1. The molecule has 0 aliphatic carbocycles. The van der Waals surface area contributed by atoms with E-state index < -0.39 is 0 Å². The minimum atomic E-state index is 0.00955. The summed E-state index contributed by atoms with van der Waals surface area (Å²) in [5.74, 6) is 0. The fraction of sp³-hybridized carbons (Fsp3) is 0.500. The van der Waals surface area contributed by atoms with Crippen LogP contribution in [0.5, 0.6) is 0 Å². The third-order valence-electron chi connectivity index (χ3n) is 3.96. The van der Waals surface area contributed by atoms with Crippen LogP contribution in [-0.2, 0) is 6.54 Å². The Hall–Kier alpha value is -0.350. The predicted octanol–water partition coefficient (Wildman–Crippen LogP) is 3.88. The Morgan fingerprint density at radius 2 is 2.00 bits per heavy atom. The molecule has 0 aromatic heterocycles. The molecule has 2 N–H and O–H groups in total. The highest BCUT2D eigenvalue weighted by Crippen LogP contribution is 2.32. The smallest absolute Gasteiger partial charge is 0.0788 e. The van der Waals surface area contributed by atoms with Crippen LogP contribution in [0.3, 0.4) is 0 Å². The first kappa shape index (κ1) is 15.0. The van der Waals surface area contributed by atoms with E-state index in [-0.39, 0.29) is 5.41 Å². The Morgan fingerprint density at radius 1 is 1.37 bits per heavy atom. The SMILES string of the molecule is CC1(C(N)=S)CCN(Cc2ccc(Cl)cc2Cl)CC1. The molecule has 2 rings (SSSR count). The number of piperidine rings is 1. The molecule has 0 spiro atoms. The molecular formula is C14H18Cl2N2S. The van der Waals surface area contributed by atoms with Crippen LogP contribution in [0.25, 0.3) is 0 Å². The van der Waals surface area contributed by atoms with Gasteiger partial charge < -0.3 is 5.73 Å². The number of thiocarbonyl (C=S) groups is 1. The molecule has 0 atom stereocenters. The summed E-state index contributed by atoms with van der Waals surface area (Å²) in [5, 5.41) is 1.41. The molecule has 1 aliphatic heterocycles. The predicted molar refractivity (Wildman–Crippen MR) is 85.9 cm³/mol. The minimum Gasteiger partial charge on any atom is -0.393 e. The van der Waals surface area contributed by atoms with E-state index in [0.29, 0.717) is 10.0 Å². The zero-order valence-corrected chi connectivity index (χ0v) is 13.3. The normalized spacial score (nSPS) is 19.3. The Labute approximate surface area is 129 Å². The largest absolute Gasteiger partial charge is 0.393 e. The van der Waals surface area contributed by atoms with Crippen LogP contribution in [0.1, 0.15) is 25.3 Å². The van der Waals surface area contributed by atoms with E-state index in [1.807, 2.05) is 12.1 Å². The van der Waals surface area contributed by atoms with Gasteiger partial charge in [0.2, 0.25) is 0 Å². The number of nitrogens with two attached hydrogens (primary N) is 1. The highest BCUT2D eigenvalue weighted by Gasteiger charge is 2.32. The van der Waals surface area contributed by atoms with Crippen LogP contribution in [-0.4, -0.2) is 23.0 Å². The Kier molecular flexibility index (Phi) is 4.72. The molecule has 1 aromatic carbocycles. The van der Waals surface area contributed by atoms with Gasteiger partial charge in [-0.25, -0.2) is 0 Å². The fourth-order valence-corrected chi connectivity index (χ4v) is 3.01. The van der Waals surface area contributed by atoms with Crippen molar-refractivity contribution in [1.82, 2.24) is 4.90 Å². The van der Waals surface area contributed by atoms with E-state index in [1.54, 1.807) is 6.07 Å². The van der Waals surface area contributed by atoms with Gasteiger partial charge in [-0.3, -0.25) is 4.90 Å². The molecular weight excluding hydrogens is 299 g/mol. The highest BCUT2D eigenvalue weighted by atomic mass is 35.5. The van der Waals surface area contributed by atoms with Gasteiger partial charge in [-0.05, 0) is 43.6 Å². The van der Waals surface area contributed by atoms with Crippen molar-refractivity contribution in [3.05, 3.63) is 33.8 Å². The van der Waals surface area contributed by atoms with Crippen molar-refractivity contribution in [3.8, 4) is 0 Å². The maximum atomic E-state index is 6.20. The zero-order chi connectivity index (χ0) is 14.0. The summed E-state index contributed by atoms with van der Waals surface area (Å²) >= 11 is 17.3. The molecule has 0 radical (unpaired) electrons. The Morgan fingerprint density at radius 3 is 2.53 bits per heavy atom. The van der Waals surface area contributed by atoms with Gasteiger partial charge in [0.25, 0.3) is 0 Å². The Balaban J connectivity index is 1.98. The second kappa shape index (κ2) is 5.96. The average Bonchev–Trinajstić information content (AvgIpc) is 2.35. The molecule has 104 valence electrons. The molecule has 1 aromatic rings. The van der Waals surface area contributed by atoms with Gasteiger partial charge >= 0.3 is 0 Å². The summed E-state index contributed by atoms with van der Waals surface area (Å²) < 4.78 is 0. The van der Waals surface area contributed by atoms with E-state index in [0.717, 1.165) is 43.1 Å². The molecule has 0 saturated carbocycles. The summed E-state index contributed by atoms with van der Waals surface area (Å²) in [6.45, 7) is 4.99. The number of nitrogens with zero attached hydrogens (tertiary/aromatic N) is 1. The fourth-order valence-electron chi connectivity index (χ4n) is 2.34. The van der Waals surface area contributed by atoms with Gasteiger partial charge in [0.1, 0.15) is 0 Å². The first-order valence-electron chi connectivity index (χ1n) is 6.37. The molecule has 1 fully saturated rings. The van der Waals surface area contributed by atoms with Crippen molar-refractivity contribution in [2.24, 2.45) is 11.1 Å². The number of hydrogen-bond donors (Lipinski definition) is 1. The van der Waals surface area contributed by atoms with E-state index in [2.05, 4.69) is 11.8 Å². The quantitative estimate of drug-likeness (QED) is 0.858.